The van der Waals surface area contributed by atoms with E-state index < -0.39 is 10.9 Å². The van der Waals surface area contributed by atoms with Crippen LogP contribution in [0, 0.1) is 17.0 Å². The number of nitro benzene ring substituents is 1. The van der Waals surface area contributed by atoms with E-state index in [0.29, 0.717) is 0 Å². The molecule has 0 aromatic heterocycles. The molecule has 0 saturated heterocycles. The molecule has 0 amide bonds. The Bertz CT molecular complexity index is 711. The molecular formula is C16H15NO5. The van der Waals surface area contributed by atoms with Gasteiger partial charge in [0.2, 0.25) is 0 Å². The summed E-state index contributed by atoms with van der Waals surface area (Å²) in [7, 11) is 1.40. The third-order valence-electron chi connectivity index (χ3n) is 3.18. The van der Waals surface area contributed by atoms with Crippen LogP contribution < -0.4 is 9.47 Å². The van der Waals surface area contributed by atoms with E-state index in [4.69, 9.17) is 9.47 Å². The number of hydrogen-bond acceptors (Lipinski definition) is 5. The van der Waals surface area contributed by atoms with Crippen LogP contribution >= 0.6 is 0 Å². The molecule has 22 heavy (non-hydrogen) atoms. The topological polar surface area (TPSA) is 78.7 Å². The highest BCUT2D eigenvalue weighted by molar-refractivity contribution is 5.76. The van der Waals surface area contributed by atoms with E-state index in [1.54, 1.807) is 0 Å². The first-order chi connectivity index (χ1) is 10.5. The van der Waals surface area contributed by atoms with Crippen LogP contribution in [-0.2, 0) is 11.2 Å². The third kappa shape index (κ3) is 3.60. The van der Waals surface area contributed by atoms with E-state index in [1.807, 2.05) is 31.2 Å². The van der Waals surface area contributed by atoms with Crippen LogP contribution in [0.3, 0.4) is 0 Å². The molecule has 2 aromatic rings. The summed E-state index contributed by atoms with van der Waals surface area (Å²) in [6, 6.07) is 11.3. The van der Waals surface area contributed by atoms with Gasteiger partial charge in [-0.05, 0) is 24.1 Å². The van der Waals surface area contributed by atoms with Gasteiger partial charge in [-0.2, -0.15) is 0 Å². The number of carbonyl (C=O) groups is 1. The molecule has 0 heterocycles. The molecule has 2 aromatic carbocycles. The Kier molecular flexibility index (Phi) is 4.73. The molecule has 0 N–H and O–H groups in total. The zero-order valence-corrected chi connectivity index (χ0v) is 12.2. The monoisotopic (exact) mass is 301 g/mol. The minimum absolute atomic E-state index is 0.0373. The van der Waals surface area contributed by atoms with Crippen molar-refractivity contribution in [1.82, 2.24) is 0 Å². The number of carbonyl (C=O) groups excluding carboxylic acids is 1. The largest absolute Gasteiger partial charge is 0.493 e. The fraction of sp³-hybridized carbons (Fsp3) is 0.188. The molecule has 0 bridgehead atoms. The van der Waals surface area contributed by atoms with Crippen molar-refractivity contribution in [3.63, 3.8) is 0 Å². The summed E-state index contributed by atoms with van der Waals surface area (Å²) in [5.74, 6) is -0.202. The molecule has 0 aliphatic carbocycles. The van der Waals surface area contributed by atoms with Crippen LogP contribution in [0.2, 0.25) is 0 Å². The molecule has 0 aliphatic heterocycles. The molecular weight excluding hydrogens is 286 g/mol. The number of hydrogen-bond donors (Lipinski definition) is 0. The molecule has 0 fully saturated rings. The lowest BCUT2D eigenvalue weighted by molar-refractivity contribution is -0.384. The molecule has 0 radical (unpaired) electrons. The van der Waals surface area contributed by atoms with Gasteiger partial charge in [0.05, 0.1) is 24.5 Å². The van der Waals surface area contributed by atoms with Gasteiger partial charge in [0.25, 0.3) is 5.69 Å². The van der Waals surface area contributed by atoms with Gasteiger partial charge in [-0.3, -0.25) is 14.9 Å². The molecule has 6 nitrogen and oxygen atoms in total. The van der Waals surface area contributed by atoms with E-state index in [9.17, 15) is 14.9 Å². The number of nitro groups is 1. The van der Waals surface area contributed by atoms with Crippen molar-refractivity contribution in [2.75, 3.05) is 7.11 Å². The van der Waals surface area contributed by atoms with Gasteiger partial charge in [0, 0.05) is 6.07 Å². The van der Waals surface area contributed by atoms with Gasteiger partial charge in [-0.25, -0.2) is 0 Å². The Morgan fingerprint density at radius 1 is 1.18 bits per heavy atom. The van der Waals surface area contributed by atoms with Crippen LogP contribution in [0.1, 0.15) is 11.1 Å². The minimum Gasteiger partial charge on any atom is -0.493 e. The van der Waals surface area contributed by atoms with Crippen molar-refractivity contribution < 1.29 is 19.2 Å². The van der Waals surface area contributed by atoms with Crippen LogP contribution in [0.15, 0.2) is 42.5 Å². The van der Waals surface area contributed by atoms with E-state index in [-0.39, 0.29) is 23.6 Å². The highest BCUT2D eigenvalue weighted by Crippen LogP contribution is 2.31. The summed E-state index contributed by atoms with van der Waals surface area (Å²) < 4.78 is 10.3. The van der Waals surface area contributed by atoms with Crippen LogP contribution in [-0.4, -0.2) is 18.0 Å². The van der Waals surface area contributed by atoms with Crippen molar-refractivity contribution in [3.8, 4) is 11.5 Å². The van der Waals surface area contributed by atoms with E-state index in [0.717, 1.165) is 11.1 Å². The summed E-state index contributed by atoms with van der Waals surface area (Å²) in [5.41, 5.74) is 1.65. The van der Waals surface area contributed by atoms with Crippen molar-refractivity contribution in [3.05, 3.63) is 63.7 Å². The molecule has 6 heteroatoms. The van der Waals surface area contributed by atoms with Crippen molar-refractivity contribution in [2.45, 2.75) is 13.3 Å². The second kappa shape index (κ2) is 6.71. The average Bonchev–Trinajstić information content (AvgIpc) is 2.49. The zero-order chi connectivity index (χ0) is 16.1. The van der Waals surface area contributed by atoms with Gasteiger partial charge in [-0.15, -0.1) is 0 Å². The summed E-state index contributed by atoms with van der Waals surface area (Å²) in [6.45, 7) is 1.90. The van der Waals surface area contributed by atoms with Gasteiger partial charge in [0.15, 0.2) is 11.5 Å². The Hall–Kier alpha value is -2.89. The lowest BCUT2D eigenvalue weighted by Gasteiger charge is -2.09. The number of aryl methyl sites for hydroxylation is 1. The van der Waals surface area contributed by atoms with E-state index in [2.05, 4.69) is 0 Å². The Morgan fingerprint density at radius 2 is 1.91 bits per heavy atom. The smallest absolute Gasteiger partial charge is 0.315 e. The highest BCUT2D eigenvalue weighted by Gasteiger charge is 2.16. The quantitative estimate of drug-likeness (QED) is 0.367. The number of esters is 1. The second-order valence-electron chi connectivity index (χ2n) is 4.67. The highest BCUT2D eigenvalue weighted by atomic mass is 16.6. The Morgan fingerprint density at radius 3 is 2.55 bits per heavy atom. The number of benzene rings is 2. The third-order valence-corrected chi connectivity index (χ3v) is 3.18. The summed E-state index contributed by atoms with van der Waals surface area (Å²) >= 11 is 0. The first kappa shape index (κ1) is 15.5. The van der Waals surface area contributed by atoms with Crippen molar-refractivity contribution in [2.24, 2.45) is 0 Å². The van der Waals surface area contributed by atoms with Crippen LogP contribution in [0.25, 0.3) is 0 Å². The van der Waals surface area contributed by atoms with E-state index in [1.165, 1.54) is 25.3 Å². The lowest BCUT2D eigenvalue weighted by atomic mass is 10.1. The maximum Gasteiger partial charge on any atom is 0.315 e. The zero-order valence-electron chi connectivity index (χ0n) is 12.2. The predicted molar refractivity (Wildman–Crippen MR) is 80.2 cm³/mol. The minimum atomic E-state index is -0.557. The fourth-order valence-corrected chi connectivity index (χ4v) is 1.98. The Balaban J connectivity index is 2.19. The SMILES string of the molecule is COc1ccc([N+](=O)[O-])cc1OC(=O)Cc1ccccc1C. The number of rotatable bonds is 5. The number of methoxy groups -OCH3 is 1. The van der Waals surface area contributed by atoms with Gasteiger partial charge in [0.1, 0.15) is 0 Å². The normalized spacial score (nSPS) is 10.1. The lowest BCUT2D eigenvalue weighted by Crippen LogP contribution is -2.12. The first-order valence-electron chi connectivity index (χ1n) is 6.59. The molecule has 0 saturated carbocycles. The molecule has 114 valence electrons. The first-order valence-corrected chi connectivity index (χ1v) is 6.59. The summed E-state index contributed by atoms with van der Waals surface area (Å²) in [6.07, 6.45) is 0.0819. The number of non-ortho nitro benzene ring substituents is 1. The standard InChI is InChI=1S/C16H15NO5/c1-11-5-3-4-6-12(11)9-16(18)22-15-10-13(17(19)20)7-8-14(15)21-2/h3-8,10H,9H2,1-2H3. The maximum atomic E-state index is 12.0. The molecule has 0 aliphatic rings. The average molecular weight is 301 g/mol. The number of ether oxygens (including phenoxy) is 2. The van der Waals surface area contributed by atoms with Gasteiger partial charge < -0.3 is 9.47 Å². The van der Waals surface area contributed by atoms with Gasteiger partial charge >= 0.3 is 5.97 Å². The van der Waals surface area contributed by atoms with E-state index >= 15 is 0 Å². The summed E-state index contributed by atoms with van der Waals surface area (Å²) in [5, 5.41) is 10.8. The number of nitrogens with zero attached hydrogens (tertiary/aromatic N) is 1. The molecule has 0 spiro atoms. The van der Waals surface area contributed by atoms with Crippen LogP contribution in [0.4, 0.5) is 5.69 Å². The molecule has 0 unspecified atom stereocenters. The van der Waals surface area contributed by atoms with Gasteiger partial charge in [-0.1, -0.05) is 24.3 Å². The fourth-order valence-electron chi connectivity index (χ4n) is 1.98. The maximum absolute atomic E-state index is 12.0. The molecule has 0 atom stereocenters. The summed E-state index contributed by atoms with van der Waals surface area (Å²) in [4.78, 5) is 22.3. The second-order valence-corrected chi connectivity index (χ2v) is 4.67. The van der Waals surface area contributed by atoms with Crippen molar-refractivity contribution in [1.29, 1.82) is 0 Å². The predicted octanol–water partition coefficient (Wildman–Crippen LogP) is 3.06. The molecule has 2 rings (SSSR count). The Labute approximate surface area is 127 Å². The van der Waals surface area contributed by atoms with Crippen LogP contribution in [0.5, 0.6) is 11.5 Å². The van der Waals surface area contributed by atoms with Crippen molar-refractivity contribution >= 4 is 11.7 Å².